The van der Waals surface area contributed by atoms with Crippen LogP contribution in [0.25, 0.3) is 0 Å². The van der Waals surface area contributed by atoms with Crippen LogP contribution in [0, 0.1) is 0 Å². The standard InChI is InChI=1S/C14H13ClN2O3S/c15-11-8-9(13(18)19)3-4-12(11)17-14(20)16-6-5-10-2-1-7-21-10/h1-4,7-8H,5-6H2,(H,18,19)(H2,16,17,20). The second-order valence-corrected chi connectivity index (χ2v) is 5.65. The van der Waals surface area contributed by atoms with E-state index >= 15 is 0 Å². The molecule has 1 aromatic carbocycles. The van der Waals surface area contributed by atoms with Gasteiger partial charge in [-0.05, 0) is 36.1 Å². The molecule has 2 amide bonds. The van der Waals surface area contributed by atoms with E-state index in [4.69, 9.17) is 16.7 Å². The van der Waals surface area contributed by atoms with E-state index < -0.39 is 5.97 Å². The van der Waals surface area contributed by atoms with Gasteiger partial charge in [-0.3, -0.25) is 0 Å². The van der Waals surface area contributed by atoms with Crippen LogP contribution in [0.2, 0.25) is 5.02 Å². The molecule has 7 heteroatoms. The molecule has 0 unspecified atom stereocenters. The van der Waals surface area contributed by atoms with Crippen LogP contribution in [0.4, 0.5) is 10.5 Å². The van der Waals surface area contributed by atoms with E-state index in [1.54, 1.807) is 11.3 Å². The first-order valence-corrected chi connectivity index (χ1v) is 7.42. The predicted molar refractivity (Wildman–Crippen MR) is 83.5 cm³/mol. The predicted octanol–water partition coefficient (Wildman–Crippen LogP) is 3.46. The van der Waals surface area contributed by atoms with Crippen molar-refractivity contribution in [3.8, 4) is 0 Å². The van der Waals surface area contributed by atoms with Crippen LogP contribution in [-0.2, 0) is 6.42 Å². The first kappa shape index (κ1) is 15.3. The molecule has 0 aliphatic rings. The molecule has 5 nitrogen and oxygen atoms in total. The number of carboxylic acids is 1. The molecule has 2 aromatic rings. The monoisotopic (exact) mass is 324 g/mol. The normalized spacial score (nSPS) is 10.1. The highest BCUT2D eigenvalue weighted by Crippen LogP contribution is 2.23. The molecule has 2 rings (SSSR count). The molecule has 21 heavy (non-hydrogen) atoms. The molecule has 0 atom stereocenters. The zero-order valence-electron chi connectivity index (χ0n) is 10.9. The summed E-state index contributed by atoms with van der Waals surface area (Å²) in [5.74, 6) is -1.07. The average Bonchev–Trinajstić information content (AvgIpc) is 2.94. The van der Waals surface area contributed by atoms with Crippen LogP contribution >= 0.6 is 22.9 Å². The molecule has 0 fully saturated rings. The molecular formula is C14H13ClN2O3S. The number of carbonyl (C=O) groups is 2. The van der Waals surface area contributed by atoms with Crippen molar-refractivity contribution in [2.45, 2.75) is 6.42 Å². The quantitative estimate of drug-likeness (QED) is 0.788. The van der Waals surface area contributed by atoms with Crippen LogP contribution in [-0.4, -0.2) is 23.7 Å². The number of thiophene rings is 1. The summed E-state index contributed by atoms with van der Waals surface area (Å²) in [4.78, 5) is 23.7. The summed E-state index contributed by atoms with van der Waals surface area (Å²) in [6.45, 7) is 0.511. The minimum Gasteiger partial charge on any atom is -0.478 e. The summed E-state index contributed by atoms with van der Waals surface area (Å²) in [5, 5.41) is 16.3. The number of benzene rings is 1. The first-order chi connectivity index (χ1) is 10.1. The zero-order chi connectivity index (χ0) is 15.2. The van der Waals surface area contributed by atoms with Gasteiger partial charge in [-0.15, -0.1) is 11.3 Å². The van der Waals surface area contributed by atoms with Gasteiger partial charge in [-0.1, -0.05) is 17.7 Å². The van der Waals surface area contributed by atoms with Gasteiger partial charge in [0.05, 0.1) is 16.3 Å². The van der Waals surface area contributed by atoms with Crippen molar-refractivity contribution in [1.82, 2.24) is 5.32 Å². The summed E-state index contributed by atoms with van der Waals surface area (Å²) in [6.07, 6.45) is 0.761. The van der Waals surface area contributed by atoms with Gasteiger partial charge in [0, 0.05) is 11.4 Å². The number of hydrogen-bond acceptors (Lipinski definition) is 3. The number of anilines is 1. The number of aromatic carboxylic acids is 1. The van der Waals surface area contributed by atoms with E-state index in [1.807, 2.05) is 17.5 Å². The maximum absolute atomic E-state index is 11.7. The number of carbonyl (C=O) groups excluding carboxylic acids is 1. The summed E-state index contributed by atoms with van der Waals surface area (Å²) < 4.78 is 0. The highest BCUT2D eigenvalue weighted by Gasteiger charge is 2.09. The van der Waals surface area contributed by atoms with Gasteiger partial charge in [-0.2, -0.15) is 0 Å². The molecule has 110 valence electrons. The van der Waals surface area contributed by atoms with Crippen LogP contribution < -0.4 is 10.6 Å². The van der Waals surface area contributed by atoms with E-state index in [-0.39, 0.29) is 16.6 Å². The van der Waals surface area contributed by atoms with E-state index in [2.05, 4.69) is 10.6 Å². The molecule has 0 radical (unpaired) electrons. The molecule has 1 heterocycles. The number of carboxylic acid groups (broad SMARTS) is 1. The van der Waals surface area contributed by atoms with Gasteiger partial charge in [0.1, 0.15) is 0 Å². The number of rotatable bonds is 5. The Labute approximate surface area is 130 Å². The van der Waals surface area contributed by atoms with Gasteiger partial charge in [0.15, 0.2) is 0 Å². The SMILES string of the molecule is O=C(NCCc1cccs1)Nc1ccc(C(=O)O)cc1Cl. The number of hydrogen-bond donors (Lipinski definition) is 3. The Morgan fingerprint density at radius 3 is 2.71 bits per heavy atom. The molecule has 0 bridgehead atoms. The average molecular weight is 325 g/mol. The Kier molecular flexibility index (Phi) is 5.19. The summed E-state index contributed by atoms with van der Waals surface area (Å²) in [7, 11) is 0. The van der Waals surface area contributed by atoms with Crippen LogP contribution in [0.5, 0.6) is 0 Å². The van der Waals surface area contributed by atoms with E-state index in [1.165, 1.54) is 23.1 Å². The highest BCUT2D eigenvalue weighted by atomic mass is 35.5. The summed E-state index contributed by atoms with van der Waals surface area (Å²) in [5.41, 5.74) is 0.443. The largest absolute Gasteiger partial charge is 0.478 e. The lowest BCUT2D eigenvalue weighted by Crippen LogP contribution is -2.30. The van der Waals surface area contributed by atoms with E-state index in [9.17, 15) is 9.59 Å². The van der Waals surface area contributed by atoms with Crippen molar-refractivity contribution < 1.29 is 14.7 Å². The van der Waals surface area contributed by atoms with Crippen molar-refractivity contribution in [2.75, 3.05) is 11.9 Å². The molecule has 0 spiro atoms. The topological polar surface area (TPSA) is 78.4 Å². The van der Waals surface area contributed by atoms with Gasteiger partial charge < -0.3 is 15.7 Å². The van der Waals surface area contributed by atoms with Gasteiger partial charge in [0.25, 0.3) is 0 Å². The van der Waals surface area contributed by atoms with Crippen molar-refractivity contribution in [1.29, 1.82) is 0 Å². The van der Waals surface area contributed by atoms with Crippen LogP contribution in [0.3, 0.4) is 0 Å². The fraction of sp³-hybridized carbons (Fsp3) is 0.143. The Bertz CT molecular complexity index is 644. The molecule has 0 aliphatic carbocycles. The minimum absolute atomic E-state index is 0.0728. The maximum atomic E-state index is 11.7. The lowest BCUT2D eigenvalue weighted by molar-refractivity contribution is 0.0697. The van der Waals surface area contributed by atoms with Gasteiger partial charge in [0.2, 0.25) is 0 Å². The van der Waals surface area contributed by atoms with Crippen LogP contribution in [0.15, 0.2) is 35.7 Å². The molecule has 0 saturated carbocycles. The Morgan fingerprint density at radius 1 is 1.29 bits per heavy atom. The lowest BCUT2D eigenvalue weighted by atomic mass is 10.2. The third kappa shape index (κ3) is 4.47. The smallest absolute Gasteiger partial charge is 0.335 e. The molecular weight excluding hydrogens is 312 g/mol. The van der Waals surface area contributed by atoms with Crippen LogP contribution in [0.1, 0.15) is 15.2 Å². The number of halogens is 1. The van der Waals surface area contributed by atoms with E-state index in [0.29, 0.717) is 12.2 Å². The summed E-state index contributed by atoms with van der Waals surface area (Å²) >= 11 is 7.57. The maximum Gasteiger partial charge on any atom is 0.335 e. The third-order valence-corrected chi connectivity index (χ3v) is 3.95. The Morgan fingerprint density at radius 2 is 2.10 bits per heavy atom. The second-order valence-electron chi connectivity index (χ2n) is 4.21. The van der Waals surface area contributed by atoms with Crippen molar-refractivity contribution in [3.63, 3.8) is 0 Å². The molecule has 1 aromatic heterocycles. The van der Waals surface area contributed by atoms with E-state index in [0.717, 1.165) is 6.42 Å². The fourth-order valence-corrected chi connectivity index (χ4v) is 2.61. The first-order valence-electron chi connectivity index (χ1n) is 6.16. The Balaban J connectivity index is 1.86. The number of nitrogens with one attached hydrogen (secondary N) is 2. The Hall–Kier alpha value is -2.05. The van der Waals surface area contributed by atoms with Gasteiger partial charge >= 0.3 is 12.0 Å². The zero-order valence-corrected chi connectivity index (χ0v) is 12.5. The fourth-order valence-electron chi connectivity index (χ4n) is 1.67. The number of amides is 2. The molecule has 0 saturated heterocycles. The lowest BCUT2D eigenvalue weighted by Gasteiger charge is -2.09. The summed E-state index contributed by atoms with van der Waals surface area (Å²) in [6, 6.07) is 7.73. The van der Waals surface area contributed by atoms with Gasteiger partial charge in [-0.25, -0.2) is 9.59 Å². The third-order valence-electron chi connectivity index (χ3n) is 2.70. The molecule has 3 N–H and O–H groups in total. The highest BCUT2D eigenvalue weighted by molar-refractivity contribution is 7.09. The minimum atomic E-state index is -1.07. The van der Waals surface area contributed by atoms with Crippen molar-refractivity contribution in [2.24, 2.45) is 0 Å². The second kappa shape index (κ2) is 7.10. The van der Waals surface area contributed by atoms with Crippen molar-refractivity contribution >= 4 is 40.6 Å². The number of urea groups is 1. The van der Waals surface area contributed by atoms with Crippen molar-refractivity contribution in [3.05, 3.63) is 51.2 Å². The molecule has 0 aliphatic heterocycles.